The molecule has 138 valence electrons. The summed E-state index contributed by atoms with van der Waals surface area (Å²) in [4.78, 5) is 37.0. The maximum absolute atomic E-state index is 12.2. The number of carboxylic acids is 1. The van der Waals surface area contributed by atoms with E-state index < -0.39 is 23.5 Å². The number of thioether (sulfide) groups is 1. The molecule has 0 spiro atoms. The zero-order valence-corrected chi connectivity index (χ0v) is 16.0. The second-order valence-corrected chi connectivity index (χ2v) is 7.55. The van der Waals surface area contributed by atoms with Crippen molar-refractivity contribution in [2.24, 2.45) is 5.41 Å². The number of hydrogen-bond donors (Lipinski definition) is 1. The normalized spacial score (nSPS) is 12.3. The van der Waals surface area contributed by atoms with Crippen molar-refractivity contribution in [2.45, 2.75) is 33.4 Å². The van der Waals surface area contributed by atoms with Crippen LogP contribution in [0.15, 0.2) is 30.3 Å². The molecule has 1 amide bonds. The van der Waals surface area contributed by atoms with Crippen LogP contribution in [-0.4, -0.2) is 45.0 Å². The maximum atomic E-state index is 12.2. The third-order valence-corrected chi connectivity index (χ3v) is 4.72. The van der Waals surface area contributed by atoms with Crippen molar-refractivity contribution in [3.8, 4) is 0 Å². The molecule has 0 radical (unpaired) electrons. The number of ether oxygens (including phenoxy) is 1. The summed E-state index contributed by atoms with van der Waals surface area (Å²) in [6.07, 6.45) is -0.838. The van der Waals surface area contributed by atoms with Crippen LogP contribution in [0.2, 0.25) is 0 Å². The van der Waals surface area contributed by atoms with Gasteiger partial charge in [-0.1, -0.05) is 74.5 Å². The molecule has 6 nitrogen and oxygen atoms in total. The molecule has 1 rings (SSSR count). The summed E-state index contributed by atoms with van der Waals surface area (Å²) in [5.41, 5.74) is 0.140. The van der Waals surface area contributed by atoms with Crippen LogP contribution in [0.1, 0.15) is 26.3 Å². The monoisotopic (exact) mass is 387 g/mol. The second-order valence-electron chi connectivity index (χ2n) is 6.34. The fraction of sp³-hybridized carbons (Fsp3) is 0.471. The van der Waals surface area contributed by atoms with Crippen LogP contribution in [-0.2, 0) is 20.9 Å². The van der Waals surface area contributed by atoms with Gasteiger partial charge < -0.3 is 9.84 Å². The number of rotatable bonds is 7. The summed E-state index contributed by atoms with van der Waals surface area (Å²) in [5.74, 6) is -1.29. The Morgan fingerprint density at radius 2 is 1.84 bits per heavy atom. The summed E-state index contributed by atoms with van der Waals surface area (Å²) < 4.78 is 4.78. The Morgan fingerprint density at radius 3 is 2.32 bits per heavy atom. The van der Waals surface area contributed by atoms with Gasteiger partial charge in [0.15, 0.2) is 11.2 Å². The maximum Gasteiger partial charge on any atom is 0.412 e. The molecular formula is C17H22ClNO5S. The average molecular weight is 388 g/mol. The molecule has 0 aliphatic carbocycles. The number of hydrogen-bond acceptors (Lipinski definition) is 5. The van der Waals surface area contributed by atoms with Crippen LogP contribution >= 0.6 is 23.4 Å². The van der Waals surface area contributed by atoms with Crippen LogP contribution in [0.25, 0.3) is 0 Å². The molecule has 0 bridgehead atoms. The molecule has 0 aliphatic rings. The smallest absolute Gasteiger partial charge is 0.412 e. The van der Waals surface area contributed by atoms with Gasteiger partial charge in [-0.05, 0) is 5.56 Å². The van der Waals surface area contributed by atoms with Crippen molar-refractivity contribution in [3.63, 3.8) is 0 Å². The van der Waals surface area contributed by atoms with E-state index in [9.17, 15) is 19.5 Å². The summed E-state index contributed by atoms with van der Waals surface area (Å²) >= 11 is 6.33. The van der Waals surface area contributed by atoms with Crippen molar-refractivity contribution < 1.29 is 24.2 Å². The summed E-state index contributed by atoms with van der Waals surface area (Å²) in [7, 11) is 0. The molecule has 0 saturated carbocycles. The molecule has 0 fully saturated rings. The van der Waals surface area contributed by atoms with E-state index in [1.807, 2.05) is 6.07 Å². The first-order valence-corrected chi connectivity index (χ1v) is 9.12. The van der Waals surface area contributed by atoms with E-state index in [1.54, 1.807) is 45.0 Å². The number of halogens is 1. The molecule has 0 aromatic heterocycles. The van der Waals surface area contributed by atoms with E-state index in [0.29, 0.717) is 0 Å². The lowest BCUT2D eigenvalue weighted by atomic mass is 10.00. The molecule has 1 aromatic rings. The molecule has 0 unspecified atom stereocenters. The van der Waals surface area contributed by atoms with Gasteiger partial charge in [0.05, 0.1) is 0 Å². The molecule has 0 heterocycles. The standard InChI is InChI=1S/C17H22ClNO5S/c1-17(2,3)15(22)25-10-13(14(20)21)19(16(23)24-11-18)9-12-7-5-4-6-8-12/h4-8,13H,9-11H2,1-3H3,(H,20,21)/t13-/m0/s1. The Balaban J connectivity index is 2.98. The number of carboxylic acid groups (broad SMARTS) is 1. The Kier molecular flexibility index (Phi) is 8.25. The van der Waals surface area contributed by atoms with E-state index in [2.05, 4.69) is 0 Å². The van der Waals surface area contributed by atoms with Gasteiger partial charge in [-0.3, -0.25) is 9.69 Å². The minimum Gasteiger partial charge on any atom is -0.480 e. The van der Waals surface area contributed by atoms with Crippen molar-refractivity contribution in [2.75, 3.05) is 11.8 Å². The lowest BCUT2D eigenvalue weighted by molar-refractivity contribution is -0.142. The third kappa shape index (κ3) is 6.96. The molecule has 0 saturated heterocycles. The first kappa shape index (κ1) is 21.3. The number of carbonyl (C=O) groups excluding carboxylic acids is 2. The van der Waals surface area contributed by atoms with Crippen molar-refractivity contribution in [1.82, 2.24) is 4.90 Å². The molecule has 25 heavy (non-hydrogen) atoms. The van der Waals surface area contributed by atoms with Gasteiger partial charge in [-0.15, -0.1) is 0 Å². The van der Waals surface area contributed by atoms with Crippen LogP contribution in [0, 0.1) is 5.41 Å². The van der Waals surface area contributed by atoms with Crippen LogP contribution in [0.4, 0.5) is 4.79 Å². The van der Waals surface area contributed by atoms with Crippen LogP contribution in [0.5, 0.6) is 0 Å². The quantitative estimate of drug-likeness (QED) is 0.720. The topological polar surface area (TPSA) is 83.9 Å². The lowest BCUT2D eigenvalue weighted by Crippen LogP contribution is -2.46. The fourth-order valence-corrected chi connectivity index (χ4v) is 3.04. The second kappa shape index (κ2) is 9.68. The van der Waals surface area contributed by atoms with Crippen molar-refractivity contribution >= 4 is 40.5 Å². The highest BCUT2D eigenvalue weighted by molar-refractivity contribution is 8.13. The van der Waals surface area contributed by atoms with Gasteiger partial charge in [-0.2, -0.15) is 0 Å². The molecule has 1 aromatic carbocycles. The predicted molar refractivity (Wildman–Crippen MR) is 97.5 cm³/mol. The van der Waals surface area contributed by atoms with E-state index >= 15 is 0 Å². The number of carbonyl (C=O) groups is 3. The molecule has 1 N–H and O–H groups in total. The van der Waals surface area contributed by atoms with E-state index in [0.717, 1.165) is 22.2 Å². The highest BCUT2D eigenvalue weighted by Gasteiger charge is 2.33. The summed E-state index contributed by atoms with van der Waals surface area (Å²) in [6.45, 7) is 5.29. The fourth-order valence-electron chi connectivity index (χ4n) is 1.88. The zero-order valence-electron chi connectivity index (χ0n) is 14.4. The van der Waals surface area contributed by atoms with Crippen molar-refractivity contribution in [3.05, 3.63) is 35.9 Å². The average Bonchev–Trinajstić information content (AvgIpc) is 2.53. The molecule has 0 aliphatic heterocycles. The Morgan fingerprint density at radius 1 is 1.24 bits per heavy atom. The highest BCUT2D eigenvalue weighted by Crippen LogP contribution is 2.25. The molecule has 1 atom stereocenters. The largest absolute Gasteiger partial charge is 0.480 e. The van der Waals surface area contributed by atoms with E-state index in [1.165, 1.54) is 0 Å². The zero-order chi connectivity index (χ0) is 19.0. The summed E-state index contributed by atoms with van der Waals surface area (Å²) in [6, 6.07) is 7.33. The number of alkyl halides is 1. The number of benzene rings is 1. The van der Waals surface area contributed by atoms with Gasteiger partial charge in [0, 0.05) is 17.7 Å². The number of aliphatic carboxylic acids is 1. The predicted octanol–water partition coefficient (Wildman–Crippen LogP) is 3.58. The van der Waals surface area contributed by atoms with Crippen LogP contribution in [0.3, 0.4) is 0 Å². The lowest BCUT2D eigenvalue weighted by Gasteiger charge is -2.28. The third-order valence-electron chi connectivity index (χ3n) is 3.25. The van der Waals surface area contributed by atoms with Gasteiger partial charge in [-0.25, -0.2) is 9.59 Å². The van der Waals surface area contributed by atoms with Crippen LogP contribution < -0.4 is 0 Å². The Bertz CT molecular complexity index is 603. The SMILES string of the molecule is CC(C)(C)C(=O)SC[C@@H](C(=O)O)N(Cc1ccccc1)C(=O)OCCl. The number of nitrogens with zero attached hydrogens (tertiary/aromatic N) is 1. The highest BCUT2D eigenvalue weighted by atomic mass is 35.5. The first-order valence-electron chi connectivity index (χ1n) is 7.60. The Labute approximate surface area is 156 Å². The summed E-state index contributed by atoms with van der Waals surface area (Å²) in [5, 5.41) is 9.40. The van der Waals surface area contributed by atoms with E-state index in [4.69, 9.17) is 16.3 Å². The van der Waals surface area contributed by atoms with E-state index in [-0.39, 0.29) is 23.5 Å². The van der Waals surface area contributed by atoms with Crippen molar-refractivity contribution in [1.29, 1.82) is 0 Å². The first-order chi connectivity index (χ1) is 11.7. The van der Waals surface area contributed by atoms with Gasteiger partial charge >= 0.3 is 12.1 Å². The van der Waals surface area contributed by atoms with Gasteiger partial charge in [0.25, 0.3) is 0 Å². The van der Waals surface area contributed by atoms with Gasteiger partial charge in [0.1, 0.15) is 6.04 Å². The number of amides is 1. The molecule has 8 heteroatoms. The minimum absolute atomic E-state index is 0.0395. The Hall–Kier alpha value is -1.73. The molecular weight excluding hydrogens is 366 g/mol. The van der Waals surface area contributed by atoms with Gasteiger partial charge in [0.2, 0.25) is 0 Å². The minimum atomic E-state index is -1.22.